The van der Waals surface area contributed by atoms with Crippen LogP contribution in [-0.2, 0) is 16.2 Å². The quantitative estimate of drug-likeness (QED) is 0.196. The Morgan fingerprint density at radius 2 is 0.978 bits per heavy atom. The van der Waals surface area contributed by atoms with Gasteiger partial charge in [-0.3, -0.25) is 0 Å². The van der Waals surface area contributed by atoms with E-state index < -0.39 is 0 Å². The van der Waals surface area contributed by atoms with E-state index in [4.69, 9.17) is 5.10 Å². The number of benzene rings is 3. The first kappa shape index (κ1) is 34.5. The minimum Gasteiger partial charge on any atom is -0.233 e. The minimum absolute atomic E-state index is 0.102. The highest BCUT2D eigenvalue weighted by atomic mass is 15.3. The van der Waals surface area contributed by atoms with Gasteiger partial charge in [-0.25, -0.2) is 4.68 Å². The van der Waals surface area contributed by atoms with E-state index in [1.54, 1.807) is 0 Å². The van der Waals surface area contributed by atoms with Gasteiger partial charge in [0.05, 0.1) is 17.1 Å². The summed E-state index contributed by atoms with van der Waals surface area (Å²) in [6, 6.07) is 29.3. The Hall–Kier alpha value is -3.39. The van der Waals surface area contributed by atoms with E-state index in [-0.39, 0.29) is 27.1 Å². The molecular formula is C43H58N2. The highest BCUT2D eigenvalue weighted by molar-refractivity contribution is 5.72. The minimum atomic E-state index is 0.102. The first-order valence-electron chi connectivity index (χ1n) is 16.7. The molecule has 0 spiro atoms. The number of hydrogen-bond acceptors (Lipinski definition) is 1. The lowest BCUT2D eigenvalue weighted by Gasteiger charge is -2.33. The SMILES string of the molecule is CC(C)(C)CC(C)(C)c1ccc(C=Cc2cc(-c3ccc(C(C)(C)CC(C)(C)C)cc3)n(-c3ccc(C(C)(C)C)cc3)n2)cc1. The second-order valence-corrected chi connectivity index (χ2v) is 17.9. The Kier molecular flexibility index (Phi) is 9.52. The monoisotopic (exact) mass is 602 g/mol. The van der Waals surface area contributed by atoms with Crippen molar-refractivity contribution in [3.05, 3.63) is 107 Å². The van der Waals surface area contributed by atoms with Crippen LogP contribution in [0.15, 0.2) is 78.9 Å². The Bertz CT molecular complexity index is 1590. The highest BCUT2D eigenvalue weighted by Gasteiger charge is 2.28. The highest BCUT2D eigenvalue weighted by Crippen LogP contribution is 2.38. The third kappa shape index (κ3) is 9.09. The number of rotatable bonds is 8. The number of nitrogens with zero attached hydrogens (tertiary/aromatic N) is 2. The zero-order valence-electron chi connectivity index (χ0n) is 30.5. The van der Waals surface area contributed by atoms with Crippen LogP contribution in [0.4, 0.5) is 0 Å². The van der Waals surface area contributed by atoms with Crippen molar-refractivity contribution in [3.8, 4) is 16.9 Å². The molecule has 1 heterocycles. The van der Waals surface area contributed by atoms with Crippen LogP contribution in [0.25, 0.3) is 29.1 Å². The maximum atomic E-state index is 5.11. The third-order valence-corrected chi connectivity index (χ3v) is 8.75. The van der Waals surface area contributed by atoms with E-state index in [2.05, 4.69) is 186 Å². The van der Waals surface area contributed by atoms with Crippen LogP contribution in [-0.4, -0.2) is 9.78 Å². The third-order valence-electron chi connectivity index (χ3n) is 8.75. The average molecular weight is 603 g/mol. The van der Waals surface area contributed by atoms with Crippen molar-refractivity contribution in [2.24, 2.45) is 10.8 Å². The van der Waals surface area contributed by atoms with Gasteiger partial charge in [-0.05, 0) is 86.4 Å². The molecule has 0 fully saturated rings. The molecule has 240 valence electrons. The summed E-state index contributed by atoms with van der Waals surface area (Å²) >= 11 is 0. The summed E-state index contributed by atoms with van der Waals surface area (Å²) in [7, 11) is 0. The predicted octanol–water partition coefficient (Wildman–Crippen LogP) is 12.4. The largest absolute Gasteiger partial charge is 0.233 e. The molecule has 0 bridgehead atoms. The predicted molar refractivity (Wildman–Crippen MR) is 197 cm³/mol. The van der Waals surface area contributed by atoms with Crippen molar-refractivity contribution in [3.63, 3.8) is 0 Å². The Balaban J connectivity index is 1.68. The summed E-state index contributed by atoms with van der Waals surface area (Å²) in [5.41, 5.74) is 10.4. The van der Waals surface area contributed by atoms with Gasteiger partial charge >= 0.3 is 0 Å². The lowest BCUT2D eigenvalue weighted by Crippen LogP contribution is -2.24. The average Bonchev–Trinajstić information content (AvgIpc) is 3.33. The van der Waals surface area contributed by atoms with E-state index in [9.17, 15) is 0 Å². The van der Waals surface area contributed by atoms with E-state index in [1.165, 1.54) is 27.8 Å². The molecule has 4 rings (SSSR count). The molecular weight excluding hydrogens is 544 g/mol. The fourth-order valence-electron chi connectivity index (χ4n) is 7.16. The number of hydrogen-bond donors (Lipinski definition) is 0. The molecule has 2 nitrogen and oxygen atoms in total. The van der Waals surface area contributed by atoms with Crippen LogP contribution < -0.4 is 0 Å². The summed E-state index contributed by atoms with van der Waals surface area (Å²) in [5, 5.41) is 5.11. The summed E-state index contributed by atoms with van der Waals surface area (Å²) in [6.07, 6.45) is 6.58. The van der Waals surface area contributed by atoms with Crippen LogP contribution in [0.3, 0.4) is 0 Å². The van der Waals surface area contributed by atoms with E-state index >= 15 is 0 Å². The van der Waals surface area contributed by atoms with Gasteiger partial charge in [0.25, 0.3) is 0 Å². The Morgan fingerprint density at radius 3 is 1.42 bits per heavy atom. The Morgan fingerprint density at radius 1 is 0.533 bits per heavy atom. The lowest BCUT2D eigenvalue weighted by atomic mass is 9.72. The van der Waals surface area contributed by atoms with Gasteiger partial charge in [-0.1, -0.05) is 157 Å². The molecule has 45 heavy (non-hydrogen) atoms. The molecule has 0 aliphatic heterocycles. The molecule has 0 unspecified atom stereocenters. The van der Waals surface area contributed by atoms with Gasteiger partial charge in [-0.15, -0.1) is 0 Å². The van der Waals surface area contributed by atoms with Crippen molar-refractivity contribution in [1.29, 1.82) is 0 Å². The molecule has 3 aromatic carbocycles. The molecule has 0 saturated heterocycles. The molecule has 4 aromatic rings. The number of aromatic nitrogens is 2. The van der Waals surface area contributed by atoms with Gasteiger partial charge in [-0.2, -0.15) is 5.10 Å². The molecule has 0 amide bonds. The van der Waals surface area contributed by atoms with Crippen LogP contribution >= 0.6 is 0 Å². The second kappa shape index (κ2) is 12.4. The van der Waals surface area contributed by atoms with E-state index in [1.807, 2.05) is 0 Å². The van der Waals surface area contributed by atoms with Gasteiger partial charge < -0.3 is 0 Å². The van der Waals surface area contributed by atoms with Crippen molar-refractivity contribution < 1.29 is 0 Å². The summed E-state index contributed by atoms with van der Waals surface area (Å²) < 4.78 is 2.10. The smallest absolute Gasteiger partial charge is 0.0862 e. The fraction of sp³-hybridized carbons (Fsp3) is 0.465. The second-order valence-electron chi connectivity index (χ2n) is 17.9. The van der Waals surface area contributed by atoms with Crippen molar-refractivity contribution in [1.82, 2.24) is 9.78 Å². The van der Waals surface area contributed by atoms with Gasteiger partial charge in [0, 0.05) is 5.56 Å². The maximum Gasteiger partial charge on any atom is 0.0862 e. The standard InChI is InChI=1S/C43H58N2/c1-39(2,3)29-42(10,11)34-19-14-31(15-20-34)16-25-36-28-38(45(44-36)37-26-23-33(24-27-37)41(7,8)9)32-17-21-35(22-18-32)43(12,13)30-40(4,5)6/h14-28H,29-30H2,1-13H3. The topological polar surface area (TPSA) is 17.8 Å². The lowest BCUT2D eigenvalue weighted by molar-refractivity contribution is 0.283. The molecule has 0 N–H and O–H groups in total. The molecule has 0 atom stereocenters. The first-order chi connectivity index (χ1) is 20.6. The van der Waals surface area contributed by atoms with Crippen LogP contribution in [0.2, 0.25) is 0 Å². The van der Waals surface area contributed by atoms with Crippen LogP contribution in [0.1, 0.15) is 131 Å². The normalized spacial score (nSPS) is 13.5. The van der Waals surface area contributed by atoms with E-state index in [0.29, 0.717) is 0 Å². The zero-order chi connectivity index (χ0) is 33.4. The van der Waals surface area contributed by atoms with Crippen molar-refractivity contribution in [2.75, 3.05) is 0 Å². The summed E-state index contributed by atoms with van der Waals surface area (Å²) in [4.78, 5) is 0. The van der Waals surface area contributed by atoms with Crippen molar-refractivity contribution >= 4 is 12.2 Å². The van der Waals surface area contributed by atoms with Gasteiger partial charge in [0.2, 0.25) is 0 Å². The van der Waals surface area contributed by atoms with Gasteiger partial charge in [0.15, 0.2) is 0 Å². The first-order valence-corrected chi connectivity index (χ1v) is 16.7. The molecule has 0 saturated carbocycles. The molecule has 1 aromatic heterocycles. The molecule has 2 heteroatoms. The maximum absolute atomic E-state index is 5.11. The van der Waals surface area contributed by atoms with E-state index in [0.717, 1.165) is 29.9 Å². The van der Waals surface area contributed by atoms with Gasteiger partial charge in [0.1, 0.15) is 0 Å². The Labute approximate surface area is 275 Å². The molecule has 0 radical (unpaired) electrons. The molecule has 0 aliphatic carbocycles. The molecule has 0 aliphatic rings. The van der Waals surface area contributed by atoms with Crippen LogP contribution in [0, 0.1) is 10.8 Å². The summed E-state index contributed by atoms with van der Waals surface area (Å²) in [6.45, 7) is 30.1. The van der Waals surface area contributed by atoms with Crippen molar-refractivity contribution in [2.45, 2.75) is 119 Å². The zero-order valence-corrected chi connectivity index (χ0v) is 30.5. The van der Waals surface area contributed by atoms with Crippen LogP contribution in [0.5, 0.6) is 0 Å². The fourth-order valence-corrected chi connectivity index (χ4v) is 7.16. The summed E-state index contributed by atoms with van der Waals surface area (Å²) in [5.74, 6) is 0.